The lowest BCUT2D eigenvalue weighted by molar-refractivity contribution is -0.130. The molecule has 1 aliphatic heterocycles. The van der Waals surface area contributed by atoms with Gasteiger partial charge in [-0.2, -0.15) is 0 Å². The minimum absolute atomic E-state index is 0.223. The highest BCUT2D eigenvalue weighted by molar-refractivity contribution is 5.73. The molecule has 2 heteroatoms. The lowest BCUT2D eigenvalue weighted by atomic mass is 9.83. The highest BCUT2D eigenvalue weighted by Crippen LogP contribution is 2.29. The topological polar surface area (TPSA) is 20.3 Å². The van der Waals surface area contributed by atoms with E-state index in [0.717, 1.165) is 25.9 Å². The molecule has 1 fully saturated rings. The van der Waals surface area contributed by atoms with Crippen LogP contribution in [-0.4, -0.2) is 23.9 Å². The summed E-state index contributed by atoms with van der Waals surface area (Å²) in [6, 6.07) is 0. The van der Waals surface area contributed by atoms with Gasteiger partial charge in [0.25, 0.3) is 0 Å². The molecule has 0 saturated carbocycles. The number of amides is 1. The standard InChI is InChI=1S/C9H17NO.C2H6/c1-8(11)10-6-4-9(2,3)5-7-10;1-2/h4-7H2,1-3H3;1-2H3. The average Bonchev–Trinajstić information content (AvgIpc) is 2.07. The summed E-state index contributed by atoms with van der Waals surface area (Å²) in [4.78, 5) is 12.9. The van der Waals surface area contributed by atoms with Crippen molar-refractivity contribution in [2.45, 2.75) is 47.5 Å². The summed E-state index contributed by atoms with van der Waals surface area (Å²) in [5, 5.41) is 0. The fourth-order valence-corrected chi connectivity index (χ4v) is 1.43. The summed E-state index contributed by atoms with van der Waals surface area (Å²) in [7, 11) is 0. The molecule has 0 aromatic carbocycles. The second kappa shape index (κ2) is 5.25. The maximum Gasteiger partial charge on any atom is 0.219 e. The summed E-state index contributed by atoms with van der Waals surface area (Å²) < 4.78 is 0. The van der Waals surface area contributed by atoms with Gasteiger partial charge in [-0.25, -0.2) is 0 Å². The molecular formula is C11H23NO. The van der Waals surface area contributed by atoms with Gasteiger partial charge in [0.15, 0.2) is 0 Å². The highest BCUT2D eigenvalue weighted by Gasteiger charge is 2.25. The number of hydrogen-bond acceptors (Lipinski definition) is 1. The van der Waals surface area contributed by atoms with Crippen molar-refractivity contribution in [3.05, 3.63) is 0 Å². The molecule has 1 aliphatic rings. The Labute approximate surface area is 82.3 Å². The number of rotatable bonds is 0. The van der Waals surface area contributed by atoms with Crippen LogP contribution in [0.2, 0.25) is 0 Å². The Kier molecular flexibility index (Phi) is 5.04. The Morgan fingerprint density at radius 1 is 1.15 bits per heavy atom. The molecule has 13 heavy (non-hydrogen) atoms. The van der Waals surface area contributed by atoms with Gasteiger partial charge in [0, 0.05) is 20.0 Å². The second-order valence-electron chi connectivity index (χ2n) is 4.17. The summed E-state index contributed by atoms with van der Waals surface area (Å²) >= 11 is 0. The van der Waals surface area contributed by atoms with Crippen molar-refractivity contribution >= 4 is 5.91 Å². The predicted molar refractivity (Wildman–Crippen MR) is 56.6 cm³/mol. The first-order valence-corrected chi connectivity index (χ1v) is 5.27. The lowest BCUT2D eigenvalue weighted by Crippen LogP contribution is -2.39. The molecule has 1 amide bonds. The minimum Gasteiger partial charge on any atom is -0.343 e. The summed E-state index contributed by atoms with van der Waals surface area (Å²) in [5.41, 5.74) is 0.450. The summed E-state index contributed by atoms with van der Waals surface area (Å²) in [6.07, 6.45) is 2.29. The van der Waals surface area contributed by atoms with Crippen molar-refractivity contribution < 1.29 is 4.79 Å². The van der Waals surface area contributed by atoms with Crippen molar-refractivity contribution in [2.24, 2.45) is 5.41 Å². The van der Waals surface area contributed by atoms with Crippen molar-refractivity contribution in [1.82, 2.24) is 4.90 Å². The Balaban J connectivity index is 0.000000671. The third-order valence-corrected chi connectivity index (χ3v) is 2.56. The SMILES string of the molecule is CC.CC(=O)N1CCC(C)(C)CC1. The molecule has 0 spiro atoms. The molecule has 1 heterocycles. The molecular weight excluding hydrogens is 162 g/mol. The smallest absolute Gasteiger partial charge is 0.219 e. The number of likely N-dealkylation sites (tertiary alicyclic amines) is 1. The van der Waals surface area contributed by atoms with E-state index >= 15 is 0 Å². The quantitative estimate of drug-likeness (QED) is 0.568. The van der Waals surface area contributed by atoms with E-state index < -0.39 is 0 Å². The monoisotopic (exact) mass is 185 g/mol. The van der Waals surface area contributed by atoms with Crippen LogP contribution < -0.4 is 0 Å². The first-order valence-electron chi connectivity index (χ1n) is 5.27. The van der Waals surface area contributed by atoms with Gasteiger partial charge in [0.1, 0.15) is 0 Å². The second-order valence-corrected chi connectivity index (χ2v) is 4.17. The van der Waals surface area contributed by atoms with E-state index in [0.29, 0.717) is 5.41 Å². The van der Waals surface area contributed by atoms with E-state index in [-0.39, 0.29) is 5.91 Å². The molecule has 2 nitrogen and oxygen atoms in total. The zero-order valence-corrected chi connectivity index (χ0v) is 9.68. The van der Waals surface area contributed by atoms with Crippen LogP contribution in [0.1, 0.15) is 47.5 Å². The first kappa shape index (κ1) is 12.5. The van der Waals surface area contributed by atoms with E-state index in [4.69, 9.17) is 0 Å². The van der Waals surface area contributed by atoms with Gasteiger partial charge in [-0.05, 0) is 18.3 Å². The van der Waals surface area contributed by atoms with Gasteiger partial charge < -0.3 is 4.90 Å². The third-order valence-electron chi connectivity index (χ3n) is 2.56. The molecule has 1 rings (SSSR count). The van der Waals surface area contributed by atoms with Crippen LogP contribution in [0.4, 0.5) is 0 Å². The van der Waals surface area contributed by atoms with Crippen LogP contribution in [0, 0.1) is 5.41 Å². The van der Waals surface area contributed by atoms with Crippen molar-refractivity contribution in [2.75, 3.05) is 13.1 Å². The maximum absolute atomic E-state index is 10.9. The molecule has 0 atom stereocenters. The molecule has 0 radical (unpaired) electrons. The van der Waals surface area contributed by atoms with Crippen LogP contribution in [0.5, 0.6) is 0 Å². The number of hydrogen-bond donors (Lipinski definition) is 0. The van der Waals surface area contributed by atoms with E-state index in [1.165, 1.54) is 0 Å². The largest absolute Gasteiger partial charge is 0.343 e. The zero-order chi connectivity index (χ0) is 10.5. The van der Waals surface area contributed by atoms with Crippen LogP contribution >= 0.6 is 0 Å². The molecule has 0 unspecified atom stereocenters. The number of piperidine rings is 1. The maximum atomic E-state index is 10.9. The Bertz CT molecular complexity index is 153. The van der Waals surface area contributed by atoms with E-state index in [1.54, 1.807) is 6.92 Å². The lowest BCUT2D eigenvalue weighted by Gasteiger charge is -2.36. The van der Waals surface area contributed by atoms with Gasteiger partial charge in [-0.3, -0.25) is 4.79 Å². The van der Waals surface area contributed by atoms with E-state index in [9.17, 15) is 4.79 Å². The van der Waals surface area contributed by atoms with Crippen LogP contribution in [0.3, 0.4) is 0 Å². The summed E-state index contributed by atoms with van der Waals surface area (Å²) in [6.45, 7) is 12.1. The first-order chi connectivity index (χ1) is 6.01. The Morgan fingerprint density at radius 3 is 1.85 bits per heavy atom. The van der Waals surface area contributed by atoms with Crippen LogP contribution in [0.25, 0.3) is 0 Å². The number of carbonyl (C=O) groups excluding carboxylic acids is 1. The third kappa shape index (κ3) is 4.30. The van der Waals surface area contributed by atoms with Crippen LogP contribution in [0.15, 0.2) is 0 Å². The van der Waals surface area contributed by atoms with Gasteiger partial charge in [-0.15, -0.1) is 0 Å². The normalized spacial score (nSPS) is 20.2. The van der Waals surface area contributed by atoms with Crippen molar-refractivity contribution in [3.63, 3.8) is 0 Å². The molecule has 0 aromatic heterocycles. The van der Waals surface area contributed by atoms with E-state index in [1.807, 2.05) is 18.7 Å². The molecule has 0 aliphatic carbocycles. The van der Waals surface area contributed by atoms with Crippen LogP contribution in [-0.2, 0) is 4.79 Å². The Hall–Kier alpha value is -0.530. The molecule has 0 N–H and O–H groups in total. The predicted octanol–water partition coefficient (Wildman–Crippen LogP) is 2.68. The molecule has 0 aromatic rings. The van der Waals surface area contributed by atoms with Gasteiger partial charge in [0.2, 0.25) is 5.91 Å². The fraction of sp³-hybridized carbons (Fsp3) is 0.909. The molecule has 78 valence electrons. The van der Waals surface area contributed by atoms with Gasteiger partial charge in [0.05, 0.1) is 0 Å². The number of carbonyl (C=O) groups is 1. The Morgan fingerprint density at radius 2 is 1.54 bits per heavy atom. The summed E-state index contributed by atoms with van der Waals surface area (Å²) in [5.74, 6) is 0.223. The fourth-order valence-electron chi connectivity index (χ4n) is 1.43. The molecule has 0 bridgehead atoms. The van der Waals surface area contributed by atoms with Gasteiger partial charge in [-0.1, -0.05) is 27.7 Å². The zero-order valence-electron chi connectivity index (χ0n) is 9.68. The highest BCUT2D eigenvalue weighted by atomic mass is 16.2. The van der Waals surface area contributed by atoms with E-state index in [2.05, 4.69) is 13.8 Å². The minimum atomic E-state index is 0.223. The van der Waals surface area contributed by atoms with Gasteiger partial charge >= 0.3 is 0 Å². The molecule has 1 saturated heterocycles. The number of nitrogens with zero attached hydrogens (tertiary/aromatic N) is 1. The van der Waals surface area contributed by atoms with Crippen molar-refractivity contribution in [1.29, 1.82) is 0 Å². The van der Waals surface area contributed by atoms with Crippen molar-refractivity contribution in [3.8, 4) is 0 Å². The average molecular weight is 185 g/mol.